The largest absolute Gasteiger partial charge is 0.365 e. The second-order valence-corrected chi connectivity index (χ2v) is 4.97. The Morgan fingerprint density at radius 3 is 2.86 bits per heavy atom. The lowest BCUT2D eigenvalue weighted by molar-refractivity contribution is 0.617. The van der Waals surface area contributed by atoms with Crippen molar-refractivity contribution in [3.05, 3.63) is 43.0 Å². The number of benzene rings is 1. The third-order valence-corrected chi connectivity index (χ3v) is 3.25. The van der Waals surface area contributed by atoms with Crippen LogP contribution in [0.5, 0.6) is 0 Å². The maximum atomic E-state index is 4.53. The first-order valence-corrected chi connectivity index (χ1v) is 6.93. The average Bonchev–Trinajstić information content (AvgIpc) is 2.99. The fourth-order valence-electron chi connectivity index (χ4n) is 2.29. The number of aromatic nitrogens is 4. The van der Waals surface area contributed by atoms with Gasteiger partial charge in [-0.2, -0.15) is 4.98 Å². The highest BCUT2D eigenvalue weighted by atomic mass is 15.2. The van der Waals surface area contributed by atoms with Gasteiger partial charge in [-0.15, -0.1) is 0 Å². The van der Waals surface area contributed by atoms with Gasteiger partial charge in [-0.05, 0) is 19.1 Å². The van der Waals surface area contributed by atoms with Gasteiger partial charge in [0.1, 0.15) is 5.82 Å². The van der Waals surface area contributed by atoms with Crippen LogP contribution in [0.25, 0.3) is 10.9 Å². The first kappa shape index (κ1) is 13.4. The lowest BCUT2D eigenvalue weighted by Gasteiger charge is -2.17. The summed E-state index contributed by atoms with van der Waals surface area (Å²) in [5.74, 6) is 1.46. The van der Waals surface area contributed by atoms with Crippen molar-refractivity contribution in [2.45, 2.75) is 19.5 Å². The summed E-state index contributed by atoms with van der Waals surface area (Å²) in [5.41, 5.74) is 0.925. The highest BCUT2D eigenvalue weighted by Gasteiger charge is 2.10. The molecule has 21 heavy (non-hydrogen) atoms. The van der Waals surface area contributed by atoms with Crippen LogP contribution in [0.2, 0.25) is 0 Å². The molecule has 2 aromatic heterocycles. The summed E-state index contributed by atoms with van der Waals surface area (Å²) < 4.78 is 2.04. The molecule has 1 aromatic carbocycles. The number of para-hydroxylation sites is 1. The molecule has 6 heteroatoms. The topological polar surface area (TPSA) is 67.7 Å². The van der Waals surface area contributed by atoms with E-state index < -0.39 is 0 Å². The van der Waals surface area contributed by atoms with Gasteiger partial charge < -0.3 is 15.2 Å². The molecule has 0 aliphatic rings. The van der Waals surface area contributed by atoms with Gasteiger partial charge in [0.2, 0.25) is 5.95 Å². The van der Waals surface area contributed by atoms with Crippen molar-refractivity contribution in [3.8, 4) is 0 Å². The van der Waals surface area contributed by atoms with Crippen molar-refractivity contribution in [1.29, 1.82) is 0 Å². The lowest BCUT2D eigenvalue weighted by Crippen LogP contribution is -2.22. The number of nitrogens with one attached hydrogen (secondary N) is 2. The van der Waals surface area contributed by atoms with Gasteiger partial charge >= 0.3 is 0 Å². The van der Waals surface area contributed by atoms with E-state index in [0.717, 1.165) is 23.3 Å². The van der Waals surface area contributed by atoms with Crippen LogP contribution in [0.15, 0.2) is 43.0 Å². The van der Waals surface area contributed by atoms with E-state index in [1.54, 1.807) is 6.20 Å². The first-order valence-electron chi connectivity index (χ1n) is 6.93. The molecular weight excluding hydrogens is 264 g/mol. The molecule has 3 aromatic rings. The number of anilines is 2. The molecule has 0 aliphatic carbocycles. The Kier molecular flexibility index (Phi) is 3.68. The maximum Gasteiger partial charge on any atom is 0.224 e. The van der Waals surface area contributed by atoms with Crippen molar-refractivity contribution in [2.24, 2.45) is 0 Å². The molecule has 0 spiro atoms. The number of imidazole rings is 1. The van der Waals surface area contributed by atoms with Gasteiger partial charge in [-0.1, -0.05) is 12.1 Å². The summed E-state index contributed by atoms with van der Waals surface area (Å²) in [6.07, 6.45) is 5.55. The molecule has 2 heterocycles. The van der Waals surface area contributed by atoms with Crippen molar-refractivity contribution in [2.75, 3.05) is 17.7 Å². The smallest absolute Gasteiger partial charge is 0.224 e. The van der Waals surface area contributed by atoms with Crippen LogP contribution < -0.4 is 10.6 Å². The fourth-order valence-corrected chi connectivity index (χ4v) is 2.29. The summed E-state index contributed by atoms with van der Waals surface area (Å²) in [7, 11) is 1.82. The Morgan fingerprint density at radius 2 is 2.10 bits per heavy atom. The Labute approximate surface area is 123 Å². The molecule has 0 radical (unpaired) electrons. The van der Waals surface area contributed by atoms with E-state index in [4.69, 9.17) is 0 Å². The summed E-state index contributed by atoms with van der Waals surface area (Å²) in [4.78, 5) is 13.0. The lowest BCUT2D eigenvalue weighted by atomic mass is 10.2. The third kappa shape index (κ3) is 2.94. The Bertz CT molecular complexity index is 722. The molecule has 1 unspecified atom stereocenters. The van der Waals surface area contributed by atoms with Crippen LogP contribution in [-0.4, -0.2) is 32.6 Å². The van der Waals surface area contributed by atoms with Gasteiger partial charge in [0, 0.05) is 37.4 Å². The minimum Gasteiger partial charge on any atom is -0.365 e. The molecule has 0 aliphatic heterocycles. The van der Waals surface area contributed by atoms with Crippen molar-refractivity contribution in [3.63, 3.8) is 0 Å². The second-order valence-electron chi connectivity index (χ2n) is 4.97. The zero-order chi connectivity index (χ0) is 14.7. The highest BCUT2D eigenvalue weighted by Crippen LogP contribution is 2.22. The molecular formula is C15H18N6. The number of fused-ring (bicyclic) bond motifs is 1. The SMILES string of the molecule is CNc1nc(NC(C)Cn2ccnc2)c2ccccc2n1. The molecule has 1 atom stereocenters. The van der Waals surface area contributed by atoms with Gasteiger partial charge in [0.05, 0.1) is 11.8 Å². The summed E-state index contributed by atoms with van der Waals surface area (Å²) in [6, 6.07) is 8.22. The molecule has 2 N–H and O–H groups in total. The minimum absolute atomic E-state index is 0.224. The van der Waals surface area contributed by atoms with Gasteiger partial charge in [-0.3, -0.25) is 0 Å². The number of hydrogen-bond donors (Lipinski definition) is 2. The predicted molar refractivity (Wildman–Crippen MR) is 84.4 cm³/mol. The molecule has 108 valence electrons. The van der Waals surface area contributed by atoms with E-state index in [-0.39, 0.29) is 6.04 Å². The number of hydrogen-bond acceptors (Lipinski definition) is 5. The van der Waals surface area contributed by atoms with E-state index in [9.17, 15) is 0 Å². The van der Waals surface area contributed by atoms with E-state index in [2.05, 4.69) is 32.5 Å². The third-order valence-electron chi connectivity index (χ3n) is 3.25. The second kappa shape index (κ2) is 5.78. The predicted octanol–water partition coefficient (Wildman–Crippen LogP) is 2.37. The monoisotopic (exact) mass is 282 g/mol. The molecule has 0 saturated heterocycles. The molecule has 0 saturated carbocycles. The Morgan fingerprint density at radius 1 is 1.24 bits per heavy atom. The normalized spacial score (nSPS) is 12.3. The molecule has 6 nitrogen and oxygen atoms in total. The number of rotatable bonds is 5. The average molecular weight is 282 g/mol. The summed E-state index contributed by atoms with van der Waals surface area (Å²) in [6.45, 7) is 2.95. The number of nitrogens with zero attached hydrogens (tertiary/aromatic N) is 4. The zero-order valence-electron chi connectivity index (χ0n) is 12.1. The van der Waals surface area contributed by atoms with E-state index in [0.29, 0.717) is 5.95 Å². The van der Waals surface area contributed by atoms with Crippen molar-refractivity contribution < 1.29 is 0 Å². The van der Waals surface area contributed by atoms with E-state index in [1.165, 1.54) is 0 Å². The van der Waals surface area contributed by atoms with Crippen LogP contribution in [0.3, 0.4) is 0 Å². The van der Waals surface area contributed by atoms with E-state index in [1.807, 2.05) is 48.4 Å². The van der Waals surface area contributed by atoms with Crippen molar-refractivity contribution >= 4 is 22.7 Å². The van der Waals surface area contributed by atoms with Crippen LogP contribution >= 0.6 is 0 Å². The maximum absolute atomic E-state index is 4.53. The van der Waals surface area contributed by atoms with Crippen LogP contribution in [-0.2, 0) is 6.54 Å². The molecule has 0 fully saturated rings. The Hall–Kier alpha value is -2.63. The van der Waals surface area contributed by atoms with Crippen LogP contribution in [0.1, 0.15) is 6.92 Å². The summed E-state index contributed by atoms with van der Waals surface area (Å²) >= 11 is 0. The molecule has 0 amide bonds. The van der Waals surface area contributed by atoms with Crippen LogP contribution in [0, 0.1) is 0 Å². The molecule has 3 rings (SSSR count). The standard InChI is InChI=1S/C15H18N6/c1-11(9-21-8-7-17-10-21)18-14-12-5-3-4-6-13(12)19-15(16-2)20-14/h3-8,10-11H,9H2,1-2H3,(H2,16,18,19,20). The van der Waals surface area contributed by atoms with Gasteiger partial charge in [0.25, 0.3) is 0 Å². The van der Waals surface area contributed by atoms with Gasteiger partial charge in [0.15, 0.2) is 0 Å². The first-order chi connectivity index (χ1) is 10.3. The van der Waals surface area contributed by atoms with Crippen molar-refractivity contribution in [1.82, 2.24) is 19.5 Å². The highest BCUT2D eigenvalue weighted by molar-refractivity contribution is 5.90. The molecule has 0 bridgehead atoms. The summed E-state index contributed by atoms with van der Waals surface area (Å²) in [5, 5.41) is 7.48. The van der Waals surface area contributed by atoms with Crippen LogP contribution in [0.4, 0.5) is 11.8 Å². The minimum atomic E-state index is 0.224. The zero-order valence-corrected chi connectivity index (χ0v) is 12.1. The van der Waals surface area contributed by atoms with E-state index >= 15 is 0 Å². The fraction of sp³-hybridized carbons (Fsp3) is 0.267. The van der Waals surface area contributed by atoms with Gasteiger partial charge in [-0.25, -0.2) is 9.97 Å². The quantitative estimate of drug-likeness (QED) is 0.752. The Balaban J connectivity index is 1.88.